The predicted octanol–water partition coefficient (Wildman–Crippen LogP) is 4.93. The highest BCUT2D eigenvalue weighted by molar-refractivity contribution is 7.98. The summed E-state index contributed by atoms with van der Waals surface area (Å²) in [7, 11) is 1.84. The maximum Gasteiger partial charge on any atom is 0.417 e. The summed E-state index contributed by atoms with van der Waals surface area (Å²) in [5, 5.41) is 11.2. The fourth-order valence-corrected chi connectivity index (χ4v) is 3.84. The van der Waals surface area contributed by atoms with Crippen molar-refractivity contribution < 1.29 is 18.0 Å². The van der Waals surface area contributed by atoms with E-state index in [-0.39, 0.29) is 16.6 Å². The zero-order chi connectivity index (χ0) is 22.0. The molecule has 2 aromatic carbocycles. The lowest BCUT2D eigenvalue weighted by Crippen LogP contribution is -2.16. The van der Waals surface area contributed by atoms with Crippen LogP contribution in [0.3, 0.4) is 0 Å². The zero-order valence-corrected chi connectivity index (χ0v) is 17.0. The Morgan fingerprint density at radius 1 is 1.13 bits per heavy atom. The third-order valence-corrected chi connectivity index (χ3v) is 5.58. The van der Waals surface area contributed by atoms with Gasteiger partial charge in [-0.1, -0.05) is 42.1 Å². The summed E-state index contributed by atoms with van der Waals surface area (Å²) in [6.07, 6.45) is -3.00. The second kappa shape index (κ2) is 8.38. The van der Waals surface area contributed by atoms with Crippen LogP contribution in [0.1, 0.15) is 21.6 Å². The summed E-state index contributed by atoms with van der Waals surface area (Å²) in [5.74, 6) is -0.128. The first-order chi connectivity index (χ1) is 14.8. The van der Waals surface area contributed by atoms with Crippen molar-refractivity contribution in [3.8, 4) is 0 Å². The molecule has 0 saturated heterocycles. The largest absolute Gasteiger partial charge is 0.417 e. The zero-order valence-electron chi connectivity index (χ0n) is 16.2. The Balaban J connectivity index is 1.56. The quantitative estimate of drug-likeness (QED) is 0.443. The lowest BCUT2D eigenvalue weighted by Gasteiger charge is -2.13. The van der Waals surface area contributed by atoms with Crippen molar-refractivity contribution in [2.24, 2.45) is 7.05 Å². The van der Waals surface area contributed by atoms with Crippen LogP contribution >= 0.6 is 11.8 Å². The fraction of sp³-hybridized carbons (Fsp3) is 0.143. The Morgan fingerprint density at radius 2 is 1.94 bits per heavy atom. The van der Waals surface area contributed by atoms with E-state index in [9.17, 15) is 18.0 Å². The van der Waals surface area contributed by atoms with E-state index in [0.29, 0.717) is 11.4 Å². The van der Waals surface area contributed by atoms with Crippen LogP contribution in [0.25, 0.3) is 10.9 Å². The van der Waals surface area contributed by atoms with E-state index in [1.165, 1.54) is 30.0 Å². The van der Waals surface area contributed by atoms with Crippen LogP contribution < -0.4 is 5.32 Å². The second-order valence-electron chi connectivity index (χ2n) is 6.74. The van der Waals surface area contributed by atoms with Gasteiger partial charge in [-0.3, -0.25) is 4.79 Å². The monoisotopic (exact) mass is 443 g/mol. The van der Waals surface area contributed by atoms with Gasteiger partial charge in [0.25, 0.3) is 5.91 Å². The molecule has 1 N–H and O–H groups in total. The van der Waals surface area contributed by atoms with Crippen molar-refractivity contribution in [1.29, 1.82) is 0 Å². The first-order valence-corrected chi connectivity index (χ1v) is 10.1. The molecule has 1 amide bonds. The van der Waals surface area contributed by atoms with Gasteiger partial charge in [-0.15, -0.1) is 10.2 Å². The molecule has 4 rings (SSSR count). The maximum atomic E-state index is 13.5. The molecule has 0 radical (unpaired) electrons. The van der Waals surface area contributed by atoms with E-state index in [1.54, 1.807) is 35.2 Å². The van der Waals surface area contributed by atoms with Gasteiger partial charge in [0, 0.05) is 23.9 Å². The summed E-state index contributed by atoms with van der Waals surface area (Å²) in [6.45, 7) is 0. The number of alkyl halides is 3. The number of carbonyl (C=O) groups is 1. The number of carbonyl (C=O) groups excluding carboxylic acids is 1. The van der Waals surface area contributed by atoms with Gasteiger partial charge in [0.15, 0.2) is 5.16 Å². The number of halogens is 3. The van der Waals surface area contributed by atoms with Gasteiger partial charge >= 0.3 is 6.18 Å². The van der Waals surface area contributed by atoms with Crippen molar-refractivity contribution in [1.82, 2.24) is 19.7 Å². The van der Waals surface area contributed by atoms with Crippen molar-refractivity contribution in [3.63, 3.8) is 0 Å². The minimum Gasteiger partial charge on any atom is -0.321 e. The van der Waals surface area contributed by atoms with Gasteiger partial charge in [-0.25, -0.2) is 4.98 Å². The SMILES string of the molecule is Cn1cnnc1SCc1cccc(NC(=O)c2cc(C(F)(F)F)c3ccccc3n2)c1. The molecule has 0 aliphatic heterocycles. The molecule has 6 nitrogen and oxygen atoms in total. The highest BCUT2D eigenvalue weighted by Crippen LogP contribution is 2.35. The molecule has 0 bridgehead atoms. The number of aromatic nitrogens is 4. The Kier molecular flexibility index (Phi) is 5.64. The molecule has 4 aromatic rings. The minimum atomic E-state index is -4.60. The van der Waals surface area contributed by atoms with E-state index in [1.807, 2.05) is 13.1 Å². The first-order valence-electron chi connectivity index (χ1n) is 9.15. The number of benzene rings is 2. The lowest BCUT2D eigenvalue weighted by molar-refractivity contribution is -0.136. The molecule has 0 fully saturated rings. The van der Waals surface area contributed by atoms with Gasteiger partial charge in [-0.2, -0.15) is 13.2 Å². The average molecular weight is 443 g/mol. The Bertz CT molecular complexity index is 1260. The molecule has 2 aromatic heterocycles. The molecule has 0 atom stereocenters. The topological polar surface area (TPSA) is 72.7 Å². The molecule has 0 aliphatic carbocycles. The first kappa shape index (κ1) is 20.9. The lowest BCUT2D eigenvalue weighted by atomic mass is 10.1. The van der Waals surface area contributed by atoms with Gasteiger partial charge in [0.1, 0.15) is 12.0 Å². The number of nitrogens with one attached hydrogen (secondary N) is 1. The third kappa shape index (κ3) is 4.69. The van der Waals surface area contributed by atoms with E-state index >= 15 is 0 Å². The Morgan fingerprint density at radius 3 is 2.68 bits per heavy atom. The van der Waals surface area contributed by atoms with Crippen LogP contribution in [-0.2, 0) is 19.0 Å². The molecule has 0 aliphatic rings. The molecule has 0 saturated carbocycles. The van der Waals surface area contributed by atoms with Crippen LogP contribution in [-0.4, -0.2) is 25.7 Å². The number of fused-ring (bicyclic) bond motifs is 1. The molecule has 158 valence electrons. The maximum absolute atomic E-state index is 13.5. The standard InChI is InChI=1S/C21H16F3N5OS/c1-29-12-25-28-20(29)31-11-13-5-4-6-14(9-13)26-19(30)18-10-16(21(22,23)24)15-7-2-3-8-17(15)27-18/h2-10,12H,11H2,1H3,(H,26,30). The van der Waals surface area contributed by atoms with Crippen LogP contribution in [0.15, 0.2) is 66.1 Å². The summed E-state index contributed by atoms with van der Waals surface area (Å²) >= 11 is 1.48. The van der Waals surface area contributed by atoms with Gasteiger partial charge in [0.2, 0.25) is 0 Å². The highest BCUT2D eigenvalue weighted by atomic mass is 32.2. The van der Waals surface area contributed by atoms with Gasteiger partial charge in [-0.05, 0) is 29.8 Å². The van der Waals surface area contributed by atoms with Gasteiger partial charge in [0.05, 0.1) is 11.1 Å². The smallest absolute Gasteiger partial charge is 0.321 e. The molecular weight excluding hydrogens is 427 g/mol. The normalized spacial score (nSPS) is 11.6. The molecule has 0 unspecified atom stereocenters. The van der Waals surface area contributed by atoms with Crippen molar-refractivity contribution in [3.05, 3.63) is 77.7 Å². The van der Waals surface area contributed by atoms with Crippen LogP contribution in [0.4, 0.5) is 18.9 Å². The number of thioether (sulfide) groups is 1. The van der Waals surface area contributed by atoms with Crippen LogP contribution in [0.5, 0.6) is 0 Å². The summed E-state index contributed by atoms with van der Waals surface area (Å²) in [6, 6.07) is 13.7. The Hall–Kier alpha value is -3.40. The molecule has 0 spiro atoms. The summed E-state index contributed by atoms with van der Waals surface area (Å²) in [5.41, 5.74) is 0.288. The molecular formula is C21H16F3N5OS. The van der Waals surface area contributed by atoms with E-state index in [0.717, 1.165) is 16.8 Å². The van der Waals surface area contributed by atoms with E-state index in [2.05, 4.69) is 20.5 Å². The van der Waals surface area contributed by atoms with E-state index < -0.39 is 17.6 Å². The number of nitrogens with zero attached hydrogens (tertiary/aromatic N) is 4. The minimum absolute atomic E-state index is 0.0469. The van der Waals surface area contributed by atoms with Crippen molar-refractivity contribution in [2.45, 2.75) is 17.1 Å². The number of pyridine rings is 1. The van der Waals surface area contributed by atoms with Crippen LogP contribution in [0.2, 0.25) is 0 Å². The number of para-hydroxylation sites is 1. The van der Waals surface area contributed by atoms with Crippen molar-refractivity contribution >= 4 is 34.3 Å². The predicted molar refractivity (Wildman–Crippen MR) is 112 cm³/mol. The van der Waals surface area contributed by atoms with Crippen LogP contribution in [0, 0.1) is 0 Å². The Labute approximate surface area is 179 Å². The number of hydrogen-bond donors (Lipinski definition) is 1. The highest BCUT2D eigenvalue weighted by Gasteiger charge is 2.34. The summed E-state index contributed by atoms with van der Waals surface area (Å²) < 4.78 is 42.3. The second-order valence-corrected chi connectivity index (χ2v) is 7.68. The molecule has 10 heteroatoms. The molecule has 31 heavy (non-hydrogen) atoms. The third-order valence-electron chi connectivity index (χ3n) is 4.48. The summed E-state index contributed by atoms with van der Waals surface area (Å²) in [4.78, 5) is 16.8. The average Bonchev–Trinajstić information content (AvgIpc) is 3.15. The molecule has 2 heterocycles. The fourth-order valence-electron chi connectivity index (χ4n) is 3.01. The van der Waals surface area contributed by atoms with Gasteiger partial charge < -0.3 is 9.88 Å². The number of amides is 1. The number of hydrogen-bond acceptors (Lipinski definition) is 5. The van der Waals surface area contributed by atoms with E-state index in [4.69, 9.17) is 0 Å². The number of aryl methyl sites for hydroxylation is 1. The number of anilines is 1. The number of rotatable bonds is 5. The van der Waals surface area contributed by atoms with Crippen molar-refractivity contribution in [2.75, 3.05) is 5.32 Å².